The third-order valence-corrected chi connectivity index (χ3v) is 3.37. The van der Waals surface area contributed by atoms with Crippen LogP contribution >= 0.6 is 31.9 Å². The highest BCUT2D eigenvalue weighted by Crippen LogP contribution is 2.30. The van der Waals surface area contributed by atoms with E-state index >= 15 is 0 Å². The highest BCUT2D eigenvalue weighted by molar-refractivity contribution is 9.11. The summed E-state index contributed by atoms with van der Waals surface area (Å²) < 4.78 is 31.2. The van der Waals surface area contributed by atoms with Gasteiger partial charge in [0.05, 0.1) is 17.5 Å². The zero-order valence-electron chi connectivity index (χ0n) is 8.32. The number of benzene rings is 1. The molecule has 0 radical (unpaired) electrons. The van der Waals surface area contributed by atoms with Gasteiger partial charge in [-0.05, 0) is 34.5 Å². The fourth-order valence-corrected chi connectivity index (χ4v) is 2.47. The van der Waals surface area contributed by atoms with Gasteiger partial charge in [-0.3, -0.25) is 4.79 Å². The average Bonchev–Trinajstić information content (AvgIpc) is 2.22. The van der Waals surface area contributed by atoms with E-state index in [1.54, 1.807) is 6.92 Å². The lowest BCUT2D eigenvalue weighted by molar-refractivity contribution is -0.142. The highest BCUT2D eigenvalue weighted by atomic mass is 79.9. The summed E-state index contributed by atoms with van der Waals surface area (Å²) in [5, 5.41) is 0. The molecule has 0 amide bonds. The van der Waals surface area contributed by atoms with E-state index in [0.29, 0.717) is 10.0 Å². The van der Waals surface area contributed by atoms with Crippen molar-refractivity contribution in [3.63, 3.8) is 0 Å². The average molecular weight is 358 g/mol. The maximum Gasteiger partial charge on any atom is 0.310 e. The van der Waals surface area contributed by atoms with E-state index in [0.717, 1.165) is 6.07 Å². The van der Waals surface area contributed by atoms with Crippen molar-refractivity contribution in [3.8, 4) is 0 Å². The van der Waals surface area contributed by atoms with Crippen LogP contribution in [0.1, 0.15) is 12.5 Å². The van der Waals surface area contributed by atoms with Crippen LogP contribution in [0, 0.1) is 11.6 Å². The maximum atomic E-state index is 13.2. The molecule has 0 heterocycles. The molecule has 0 aliphatic heterocycles. The van der Waals surface area contributed by atoms with E-state index in [2.05, 4.69) is 31.9 Å². The first-order chi connectivity index (χ1) is 7.47. The third-order valence-electron chi connectivity index (χ3n) is 1.84. The van der Waals surface area contributed by atoms with Gasteiger partial charge in [0.15, 0.2) is 11.6 Å². The lowest BCUT2D eigenvalue weighted by Crippen LogP contribution is -2.09. The van der Waals surface area contributed by atoms with Gasteiger partial charge in [0.2, 0.25) is 0 Å². The minimum Gasteiger partial charge on any atom is -0.466 e. The number of rotatable bonds is 3. The predicted octanol–water partition coefficient (Wildman–Crippen LogP) is 3.60. The molecule has 0 saturated carbocycles. The van der Waals surface area contributed by atoms with Crippen LogP contribution in [-0.2, 0) is 16.0 Å². The Balaban J connectivity index is 3.05. The number of ether oxygens (including phenoxy) is 1. The maximum absolute atomic E-state index is 13.2. The van der Waals surface area contributed by atoms with Crippen LogP contribution in [0.4, 0.5) is 8.78 Å². The molecule has 6 heteroatoms. The highest BCUT2D eigenvalue weighted by Gasteiger charge is 2.18. The summed E-state index contributed by atoms with van der Waals surface area (Å²) in [6.07, 6.45) is -0.119. The molecule has 0 aromatic heterocycles. The van der Waals surface area contributed by atoms with E-state index in [1.165, 1.54) is 0 Å². The van der Waals surface area contributed by atoms with Gasteiger partial charge in [-0.1, -0.05) is 15.9 Å². The van der Waals surface area contributed by atoms with Gasteiger partial charge in [-0.2, -0.15) is 0 Å². The molecular formula is C10H8Br2F2O2. The summed E-state index contributed by atoms with van der Waals surface area (Å²) in [6.45, 7) is 1.92. The summed E-state index contributed by atoms with van der Waals surface area (Å²) in [5.74, 6) is -2.48. The molecule has 0 saturated heterocycles. The van der Waals surface area contributed by atoms with Crippen LogP contribution in [0.3, 0.4) is 0 Å². The molecule has 0 fully saturated rings. The number of esters is 1. The Hall–Kier alpha value is -0.490. The van der Waals surface area contributed by atoms with Gasteiger partial charge < -0.3 is 4.74 Å². The van der Waals surface area contributed by atoms with E-state index in [-0.39, 0.29) is 17.5 Å². The van der Waals surface area contributed by atoms with Crippen LogP contribution in [0.25, 0.3) is 0 Å². The van der Waals surface area contributed by atoms with Gasteiger partial charge in [0.25, 0.3) is 0 Å². The second-order valence-electron chi connectivity index (χ2n) is 2.93. The lowest BCUT2D eigenvalue weighted by Gasteiger charge is -2.08. The molecule has 1 aromatic carbocycles. The fourth-order valence-electron chi connectivity index (χ4n) is 1.12. The van der Waals surface area contributed by atoms with Gasteiger partial charge in [0.1, 0.15) is 0 Å². The molecule has 0 atom stereocenters. The summed E-state index contributed by atoms with van der Waals surface area (Å²) in [6, 6.07) is 0.981. The zero-order chi connectivity index (χ0) is 12.3. The Morgan fingerprint density at radius 2 is 2.06 bits per heavy atom. The predicted molar refractivity (Wildman–Crippen MR) is 62.1 cm³/mol. The minimum absolute atomic E-state index is 0.0626. The van der Waals surface area contributed by atoms with Gasteiger partial charge >= 0.3 is 5.97 Å². The smallest absolute Gasteiger partial charge is 0.310 e. The van der Waals surface area contributed by atoms with E-state index in [9.17, 15) is 13.6 Å². The first-order valence-corrected chi connectivity index (χ1v) is 6.03. The summed E-state index contributed by atoms with van der Waals surface area (Å²) >= 11 is 5.98. The van der Waals surface area contributed by atoms with Crippen molar-refractivity contribution in [1.82, 2.24) is 0 Å². The van der Waals surface area contributed by atoms with Crippen LogP contribution in [0.2, 0.25) is 0 Å². The normalized spacial score (nSPS) is 10.3. The Morgan fingerprint density at radius 1 is 1.44 bits per heavy atom. The summed E-state index contributed by atoms with van der Waals surface area (Å²) in [7, 11) is 0. The monoisotopic (exact) mass is 356 g/mol. The SMILES string of the molecule is CCOC(=O)Cc1c(Br)cc(F)c(F)c1Br. The topological polar surface area (TPSA) is 26.3 Å². The van der Waals surface area contributed by atoms with Crippen molar-refractivity contribution in [2.75, 3.05) is 6.61 Å². The Labute approximate surface area is 108 Å². The first kappa shape index (κ1) is 13.6. The minimum atomic E-state index is -1.01. The molecular weight excluding hydrogens is 350 g/mol. The van der Waals surface area contributed by atoms with Crippen molar-refractivity contribution >= 4 is 37.8 Å². The van der Waals surface area contributed by atoms with Crippen molar-refractivity contribution in [2.45, 2.75) is 13.3 Å². The van der Waals surface area contributed by atoms with Crippen LogP contribution in [-0.4, -0.2) is 12.6 Å². The molecule has 2 nitrogen and oxygen atoms in total. The second-order valence-corrected chi connectivity index (χ2v) is 4.58. The number of carbonyl (C=O) groups excluding carboxylic acids is 1. The van der Waals surface area contributed by atoms with Crippen LogP contribution in [0.5, 0.6) is 0 Å². The molecule has 1 aromatic rings. The van der Waals surface area contributed by atoms with Gasteiger partial charge in [-0.15, -0.1) is 0 Å². The Kier molecular flexibility index (Phi) is 4.86. The van der Waals surface area contributed by atoms with Crippen molar-refractivity contribution in [1.29, 1.82) is 0 Å². The van der Waals surface area contributed by atoms with Crippen molar-refractivity contribution in [3.05, 3.63) is 32.2 Å². The van der Waals surface area contributed by atoms with E-state index < -0.39 is 17.6 Å². The van der Waals surface area contributed by atoms with Crippen LogP contribution in [0.15, 0.2) is 15.0 Å². The van der Waals surface area contributed by atoms with E-state index in [1.807, 2.05) is 0 Å². The fraction of sp³-hybridized carbons (Fsp3) is 0.300. The van der Waals surface area contributed by atoms with Crippen LogP contribution < -0.4 is 0 Å². The van der Waals surface area contributed by atoms with Crippen molar-refractivity contribution < 1.29 is 18.3 Å². The molecule has 1 rings (SSSR count). The molecule has 0 unspecified atom stereocenters. The standard InChI is InChI=1S/C10H8Br2F2O2/c1-2-16-8(15)3-5-6(11)4-7(13)10(14)9(5)12/h4H,2-3H2,1H3. The third kappa shape index (κ3) is 3.01. The van der Waals surface area contributed by atoms with Gasteiger partial charge in [0, 0.05) is 4.47 Å². The van der Waals surface area contributed by atoms with Crippen molar-refractivity contribution in [2.24, 2.45) is 0 Å². The number of carbonyl (C=O) groups is 1. The molecule has 0 bridgehead atoms. The molecule has 0 spiro atoms. The molecule has 16 heavy (non-hydrogen) atoms. The Bertz CT molecular complexity index is 422. The summed E-state index contributed by atoms with van der Waals surface area (Å²) in [4.78, 5) is 11.2. The first-order valence-electron chi connectivity index (χ1n) is 4.44. The second kappa shape index (κ2) is 5.72. The van der Waals surface area contributed by atoms with Gasteiger partial charge in [-0.25, -0.2) is 8.78 Å². The molecule has 88 valence electrons. The zero-order valence-corrected chi connectivity index (χ0v) is 11.5. The summed E-state index contributed by atoms with van der Waals surface area (Å²) in [5.41, 5.74) is 0.331. The lowest BCUT2D eigenvalue weighted by atomic mass is 10.1. The molecule has 0 aliphatic carbocycles. The Morgan fingerprint density at radius 3 is 2.62 bits per heavy atom. The number of hydrogen-bond acceptors (Lipinski definition) is 2. The molecule has 0 N–H and O–H groups in total. The number of halogens is 4. The van der Waals surface area contributed by atoms with E-state index in [4.69, 9.17) is 4.74 Å². The quantitative estimate of drug-likeness (QED) is 0.469. The molecule has 0 aliphatic rings. The largest absolute Gasteiger partial charge is 0.466 e. The number of hydrogen-bond donors (Lipinski definition) is 0.